The van der Waals surface area contributed by atoms with E-state index in [1.54, 1.807) is 0 Å². The minimum Gasteiger partial charge on any atom is -0.354 e. The molecule has 0 saturated carbocycles. The quantitative estimate of drug-likeness (QED) is 0.716. The van der Waals surface area contributed by atoms with Crippen LogP contribution in [-0.4, -0.2) is 35.8 Å². The molecule has 0 aromatic rings. The molecule has 0 radical (unpaired) electrons. The van der Waals surface area contributed by atoms with E-state index in [2.05, 4.69) is 12.2 Å². The lowest BCUT2D eigenvalue weighted by atomic mass is 10.1. The number of hydrogen-bond acceptors (Lipinski definition) is 2. The van der Waals surface area contributed by atoms with E-state index in [0.717, 1.165) is 25.8 Å². The van der Waals surface area contributed by atoms with Crippen molar-refractivity contribution in [2.24, 2.45) is 5.92 Å². The Balaban J connectivity index is 2.37. The van der Waals surface area contributed by atoms with Crippen molar-refractivity contribution in [2.75, 3.05) is 13.1 Å². The highest BCUT2D eigenvalue weighted by Gasteiger charge is 2.33. The zero-order valence-corrected chi connectivity index (χ0v) is 11.2. The first-order valence-corrected chi connectivity index (χ1v) is 6.62. The molecule has 1 saturated heterocycles. The highest BCUT2D eigenvalue weighted by molar-refractivity contribution is 5.89. The molecule has 1 aliphatic rings. The Morgan fingerprint density at radius 2 is 2.18 bits per heavy atom. The fourth-order valence-electron chi connectivity index (χ4n) is 2.12. The van der Waals surface area contributed by atoms with Crippen LogP contribution in [0, 0.1) is 5.92 Å². The Kier molecular flexibility index (Phi) is 5.45. The molecule has 0 bridgehead atoms. The summed E-state index contributed by atoms with van der Waals surface area (Å²) < 4.78 is 0. The molecule has 4 heteroatoms. The average molecular weight is 240 g/mol. The topological polar surface area (TPSA) is 49.4 Å². The Morgan fingerprint density at radius 3 is 2.76 bits per heavy atom. The normalized spacial score (nSPS) is 20.1. The zero-order valence-electron chi connectivity index (χ0n) is 11.2. The van der Waals surface area contributed by atoms with Crippen LogP contribution in [0.4, 0.5) is 0 Å². The van der Waals surface area contributed by atoms with Crippen molar-refractivity contribution in [3.05, 3.63) is 0 Å². The SMILES string of the molecule is CCCCCN1CC(C(=O)NC(C)C)CC1=O. The monoisotopic (exact) mass is 240 g/mol. The summed E-state index contributed by atoms with van der Waals surface area (Å²) in [5, 5.41) is 2.88. The van der Waals surface area contributed by atoms with Crippen molar-refractivity contribution in [1.29, 1.82) is 0 Å². The molecule has 17 heavy (non-hydrogen) atoms. The number of unbranched alkanes of at least 4 members (excludes halogenated alkanes) is 2. The van der Waals surface area contributed by atoms with Gasteiger partial charge in [-0.1, -0.05) is 19.8 Å². The molecule has 1 rings (SSSR count). The van der Waals surface area contributed by atoms with Gasteiger partial charge >= 0.3 is 0 Å². The largest absolute Gasteiger partial charge is 0.354 e. The molecule has 0 spiro atoms. The van der Waals surface area contributed by atoms with Crippen LogP contribution in [0.2, 0.25) is 0 Å². The Hall–Kier alpha value is -1.06. The molecular weight excluding hydrogens is 216 g/mol. The smallest absolute Gasteiger partial charge is 0.225 e. The molecule has 0 aliphatic carbocycles. The van der Waals surface area contributed by atoms with Gasteiger partial charge in [-0.25, -0.2) is 0 Å². The second-order valence-corrected chi connectivity index (χ2v) is 5.11. The maximum atomic E-state index is 11.8. The minimum atomic E-state index is -0.147. The molecule has 2 amide bonds. The maximum absolute atomic E-state index is 11.8. The molecule has 0 aromatic heterocycles. The number of carbonyl (C=O) groups excluding carboxylic acids is 2. The van der Waals surface area contributed by atoms with Gasteiger partial charge in [-0.3, -0.25) is 9.59 Å². The molecule has 98 valence electrons. The van der Waals surface area contributed by atoms with Crippen LogP contribution in [-0.2, 0) is 9.59 Å². The van der Waals surface area contributed by atoms with Crippen molar-refractivity contribution in [1.82, 2.24) is 10.2 Å². The van der Waals surface area contributed by atoms with Gasteiger partial charge in [0.1, 0.15) is 0 Å². The summed E-state index contributed by atoms with van der Waals surface area (Å²) in [5.41, 5.74) is 0. The summed E-state index contributed by atoms with van der Waals surface area (Å²) >= 11 is 0. The van der Waals surface area contributed by atoms with Gasteiger partial charge in [0.2, 0.25) is 11.8 Å². The average Bonchev–Trinajstić information content (AvgIpc) is 2.60. The highest BCUT2D eigenvalue weighted by Crippen LogP contribution is 2.18. The summed E-state index contributed by atoms with van der Waals surface area (Å²) in [7, 11) is 0. The summed E-state index contributed by atoms with van der Waals surface area (Å²) in [6, 6.07) is 0.145. The van der Waals surface area contributed by atoms with E-state index in [-0.39, 0.29) is 23.8 Å². The van der Waals surface area contributed by atoms with Crippen LogP contribution in [0.1, 0.15) is 46.5 Å². The van der Waals surface area contributed by atoms with Crippen molar-refractivity contribution in [3.8, 4) is 0 Å². The molecule has 1 unspecified atom stereocenters. The zero-order chi connectivity index (χ0) is 12.8. The molecule has 0 aromatic carbocycles. The maximum Gasteiger partial charge on any atom is 0.225 e. The lowest BCUT2D eigenvalue weighted by molar-refractivity contribution is -0.129. The molecule has 1 fully saturated rings. The highest BCUT2D eigenvalue weighted by atomic mass is 16.2. The summed E-state index contributed by atoms with van der Waals surface area (Å²) in [4.78, 5) is 25.3. The van der Waals surface area contributed by atoms with Gasteiger partial charge in [-0.15, -0.1) is 0 Å². The van der Waals surface area contributed by atoms with E-state index in [1.807, 2.05) is 18.7 Å². The van der Waals surface area contributed by atoms with Crippen LogP contribution in [0.25, 0.3) is 0 Å². The van der Waals surface area contributed by atoms with Gasteiger partial charge in [0.25, 0.3) is 0 Å². The minimum absolute atomic E-state index is 0.0198. The number of likely N-dealkylation sites (tertiary alicyclic amines) is 1. The first kappa shape index (κ1) is 14.0. The molecule has 1 N–H and O–H groups in total. The Labute approximate surface area is 104 Å². The molecular formula is C13H24N2O2. The third-order valence-corrected chi connectivity index (χ3v) is 3.05. The third kappa shape index (κ3) is 4.36. The Morgan fingerprint density at radius 1 is 1.47 bits per heavy atom. The van der Waals surface area contributed by atoms with Gasteiger partial charge in [-0.2, -0.15) is 0 Å². The predicted molar refractivity (Wildman–Crippen MR) is 67.5 cm³/mol. The van der Waals surface area contributed by atoms with Crippen LogP contribution in [0.5, 0.6) is 0 Å². The van der Waals surface area contributed by atoms with Gasteiger partial charge in [0.05, 0.1) is 5.92 Å². The molecule has 1 aliphatic heterocycles. The fraction of sp³-hybridized carbons (Fsp3) is 0.846. The summed E-state index contributed by atoms with van der Waals surface area (Å²) in [6.45, 7) is 7.42. The lowest BCUT2D eigenvalue weighted by Crippen LogP contribution is -2.37. The summed E-state index contributed by atoms with van der Waals surface area (Å²) in [6.07, 6.45) is 3.72. The second kappa shape index (κ2) is 6.62. The number of hydrogen-bond donors (Lipinski definition) is 1. The molecule has 1 heterocycles. The number of nitrogens with zero attached hydrogens (tertiary/aromatic N) is 1. The van der Waals surface area contributed by atoms with Crippen molar-refractivity contribution < 1.29 is 9.59 Å². The van der Waals surface area contributed by atoms with Crippen LogP contribution >= 0.6 is 0 Å². The van der Waals surface area contributed by atoms with Gasteiger partial charge in [0, 0.05) is 25.6 Å². The summed E-state index contributed by atoms with van der Waals surface area (Å²) in [5.74, 6) is 0.00266. The van der Waals surface area contributed by atoms with E-state index in [1.165, 1.54) is 0 Å². The van der Waals surface area contributed by atoms with Crippen molar-refractivity contribution in [2.45, 2.75) is 52.5 Å². The number of rotatable bonds is 6. The van der Waals surface area contributed by atoms with Crippen LogP contribution < -0.4 is 5.32 Å². The second-order valence-electron chi connectivity index (χ2n) is 5.11. The van der Waals surface area contributed by atoms with Crippen LogP contribution in [0.15, 0.2) is 0 Å². The first-order valence-electron chi connectivity index (χ1n) is 6.62. The number of carbonyl (C=O) groups is 2. The van der Waals surface area contributed by atoms with Crippen molar-refractivity contribution >= 4 is 11.8 Å². The Bertz CT molecular complexity index is 277. The standard InChI is InChI=1S/C13H24N2O2/c1-4-5-6-7-15-9-11(8-12(15)16)13(17)14-10(2)3/h10-11H,4-9H2,1-3H3,(H,14,17). The van der Waals surface area contributed by atoms with E-state index < -0.39 is 0 Å². The first-order chi connectivity index (χ1) is 8.04. The number of nitrogens with one attached hydrogen (secondary N) is 1. The van der Waals surface area contributed by atoms with Gasteiger partial charge in [-0.05, 0) is 20.3 Å². The van der Waals surface area contributed by atoms with Gasteiger partial charge in [0.15, 0.2) is 0 Å². The fourth-order valence-corrected chi connectivity index (χ4v) is 2.12. The van der Waals surface area contributed by atoms with Crippen LogP contribution in [0.3, 0.4) is 0 Å². The predicted octanol–water partition coefficient (Wildman–Crippen LogP) is 1.55. The third-order valence-electron chi connectivity index (χ3n) is 3.05. The van der Waals surface area contributed by atoms with Crippen molar-refractivity contribution in [3.63, 3.8) is 0 Å². The van der Waals surface area contributed by atoms with E-state index in [4.69, 9.17) is 0 Å². The van der Waals surface area contributed by atoms with E-state index in [9.17, 15) is 9.59 Å². The van der Waals surface area contributed by atoms with E-state index in [0.29, 0.717) is 13.0 Å². The van der Waals surface area contributed by atoms with Gasteiger partial charge < -0.3 is 10.2 Å². The lowest BCUT2D eigenvalue weighted by Gasteiger charge is -2.16. The number of amides is 2. The molecule has 1 atom stereocenters. The molecule has 4 nitrogen and oxygen atoms in total. The van der Waals surface area contributed by atoms with E-state index >= 15 is 0 Å².